The van der Waals surface area contributed by atoms with E-state index in [9.17, 15) is 10.2 Å². The van der Waals surface area contributed by atoms with Gasteiger partial charge in [0.2, 0.25) is 0 Å². The van der Waals surface area contributed by atoms with Crippen molar-refractivity contribution in [3.05, 3.63) is 65.9 Å². The molecule has 2 atom stereocenters. The monoisotopic (exact) mass is 749 g/mol. The molecule has 0 bridgehead atoms. The van der Waals surface area contributed by atoms with E-state index in [1.165, 1.54) is 53.1 Å². The Kier molecular flexibility index (Phi) is 13.1. The molecule has 5 nitrogen and oxygen atoms in total. The topological polar surface area (TPSA) is 59.8 Å². The SMILES string of the molecule is CCC(CC)C(O)CC(O)C(CC)CC.CN1c2ccccc2N(C)c2c(-c3cc4c(cn3)CCCC4)[c-]ccc21.[Ir]. The van der Waals surface area contributed by atoms with E-state index in [0.29, 0.717) is 18.3 Å². The first-order valence-electron chi connectivity index (χ1n) is 15.8. The minimum atomic E-state index is -0.337. The predicted molar refractivity (Wildman–Crippen MR) is 172 cm³/mol. The minimum Gasteiger partial charge on any atom is -0.393 e. The maximum atomic E-state index is 9.96. The molecule has 6 heteroatoms. The molecule has 1 aliphatic heterocycles. The van der Waals surface area contributed by atoms with Crippen LogP contribution in [0.5, 0.6) is 0 Å². The molecule has 0 spiro atoms. The van der Waals surface area contributed by atoms with Crippen molar-refractivity contribution in [3.8, 4) is 11.3 Å². The Bertz CT molecular complexity index is 1260. The second-order valence-corrected chi connectivity index (χ2v) is 11.8. The summed E-state index contributed by atoms with van der Waals surface area (Å²) in [7, 11) is 4.27. The van der Waals surface area contributed by atoms with Crippen LogP contribution >= 0.6 is 0 Å². The molecule has 1 aliphatic carbocycles. The normalized spacial score (nSPS) is 15.2. The van der Waals surface area contributed by atoms with Crippen molar-refractivity contribution in [3.63, 3.8) is 0 Å². The molecular weight excluding hydrogens is 699 g/mol. The second kappa shape index (κ2) is 16.0. The molecule has 42 heavy (non-hydrogen) atoms. The summed E-state index contributed by atoms with van der Waals surface area (Å²) < 4.78 is 0. The van der Waals surface area contributed by atoms with Gasteiger partial charge in [0.25, 0.3) is 0 Å². The largest absolute Gasteiger partial charge is 0.393 e. The first-order chi connectivity index (χ1) is 19.8. The Hall–Kier alpha value is -2.24. The Morgan fingerprint density at radius 2 is 1.33 bits per heavy atom. The number of aliphatic hydroxyl groups is 2. The van der Waals surface area contributed by atoms with Gasteiger partial charge in [-0.3, -0.25) is 0 Å². The van der Waals surface area contributed by atoms with E-state index in [2.05, 4.69) is 100 Å². The zero-order chi connectivity index (χ0) is 29.5. The van der Waals surface area contributed by atoms with Crippen molar-refractivity contribution in [1.82, 2.24) is 4.98 Å². The molecule has 2 aromatic carbocycles. The third-order valence-corrected chi connectivity index (χ3v) is 9.40. The van der Waals surface area contributed by atoms with Gasteiger partial charge in [0.05, 0.1) is 23.6 Å². The van der Waals surface area contributed by atoms with E-state index in [1.807, 2.05) is 6.07 Å². The standard InChI is InChI=1S/C23H22N3.C13H28O2.Ir/c1-25-20-11-5-6-12-21(20)26(2)23-18(10-7-13-22(23)25)19-14-16-8-3-4-9-17(16)15-24-19;1-5-10(6-2)12(14)9-13(15)11(7-3)8-4;/h5-7,11-15H,3-4,8-9H2,1-2H3;10-15H,5-9H2,1-4H3;/q-1;;. The molecule has 0 saturated heterocycles. The number of benzene rings is 2. The zero-order valence-electron chi connectivity index (χ0n) is 26.4. The number of anilines is 4. The van der Waals surface area contributed by atoms with Crippen molar-refractivity contribution in [2.24, 2.45) is 11.8 Å². The van der Waals surface area contributed by atoms with Gasteiger partial charge in [0.15, 0.2) is 0 Å². The molecule has 0 fully saturated rings. The van der Waals surface area contributed by atoms with E-state index in [1.54, 1.807) is 0 Å². The van der Waals surface area contributed by atoms with Crippen LogP contribution in [-0.2, 0) is 32.9 Å². The van der Waals surface area contributed by atoms with Crippen LogP contribution in [0.25, 0.3) is 11.3 Å². The van der Waals surface area contributed by atoms with E-state index in [4.69, 9.17) is 4.98 Å². The van der Waals surface area contributed by atoms with Crippen molar-refractivity contribution in [2.45, 2.75) is 97.7 Å². The van der Waals surface area contributed by atoms with E-state index in [0.717, 1.165) is 43.4 Å². The number of rotatable bonds is 9. The molecule has 5 rings (SSSR count). The van der Waals surface area contributed by atoms with Gasteiger partial charge in [-0.1, -0.05) is 82.7 Å². The van der Waals surface area contributed by atoms with Crippen molar-refractivity contribution in [1.29, 1.82) is 0 Å². The number of aliphatic hydroxyl groups excluding tert-OH is 2. The average molecular weight is 749 g/mol. The van der Waals surface area contributed by atoms with Crippen LogP contribution in [-0.4, -0.2) is 41.5 Å². The summed E-state index contributed by atoms with van der Waals surface area (Å²) in [6.07, 6.45) is 10.8. The third kappa shape index (κ3) is 7.45. The molecule has 1 aromatic heterocycles. The number of pyridine rings is 1. The van der Waals surface area contributed by atoms with E-state index < -0.39 is 0 Å². The van der Waals surface area contributed by atoms with E-state index in [-0.39, 0.29) is 32.3 Å². The van der Waals surface area contributed by atoms with Crippen LogP contribution in [0.1, 0.15) is 83.8 Å². The molecule has 0 amide bonds. The summed E-state index contributed by atoms with van der Waals surface area (Å²) in [5.74, 6) is 0.683. The third-order valence-electron chi connectivity index (χ3n) is 9.40. The Labute approximate surface area is 267 Å². The van der Waals surface area contributed by atoms with Crippen LogP contribution in [0.4, 0.5) is 22.7 Å². The molecule has 231 valence electrons. The van der Waals surface area contributed by atoms with Gasteiger partial charge in [-0.2, -0.15) is 0 Å². The zero-order valence-corrected chi connectivity index (χ0v) is 28.8. The molecular formula is C36H50IrN3O2-. The summed E-state index contributed by atoms with van der Waals surface area (Å²) in [4.78, 5) is 9.35. The van der Waals surface area contributed by atoms with Crippen LogP contribution < -0.4 is 9.80 Å². The minimum absolute atomic E-state index is 0. The van der Waals surface area contributed by atoms with Crippen molar-refractivity contribution >= 4 is 22.7 Å². The number of para-hydroxylation sites is 2. The maximum absolute atomic E-state index is 9.96. The second-order valence-electron chi connectivity index (χ2n) is 11.8. The number of hydrogen-bond acceptors (Lipinski definition) is 5. The van der Waals surface area contributed by atoms with Crippen LogP contribution in [0, 0.1) is 17.9 Å². The van der Waals surface area contributed by atoms with Crippen LogP contribution in [0.2, 0.25) is 0 Å². The first-order valence-corrected chi connectivity index (χ1v) is 15.8. The fourth-order valence-corrected chi connectivity index (χ4v) is 6.62. The van der Waals surface area contributed by atoms with Crippen LogP contribution in [0.3, 0.4) is 0 Å². The van der Waals surface area contributed by atoms with Crippen LogP contribution in [0.15, 0.2) is 48.7 Å². The smallest absolute Gasteiger partial charge is 0.0629 e. The summed E-state index contributed by atoms with van der Waals surface area (Å²) >= 11 is 0. The fourth-order valence-electron chi connectivity index (χ4n) is 6.62. The summed E-state index contributed by atoms with van der Waals surface area (Å²) in [5, 5.41) is 19.9. The van der Waals surface area contributed by atoms with Gasteiger partial charge in [-0.05, 0) is 78.7 Å². The average Bonchev–Trinajstić information content (AvgIpc) is 3.00. The summed E-state index contributed by atoms with van der Waals surface area (Å²) in [6.45, 7) is 8.39. The van der Waals surface area contributed by atoms with Gasteiger partial charge in [0.1, 0.15) is 0 Å². The maximum Gasteiger partial charge on any atom is 0.0629 e. The van der Waals surface area contributed by atoms with Crippen molar-refractivity contribution < 1.29 is 30.3 Å². The molecule has 0 saturated carbocycles. The quantitative estimate of drug-likeness (QED) is 0.216. The molecule has 3 aromatic rings. The number of fused-ring (bicyclic) bond motifs is 3. The molecule has 2 aliphatic rings. The summed E-state index contributed by atoms with van der Waals surface area (Å²) in [5.41, 5.74) is 9.79. The molecule has 1 radical (unpaired) electrons. The van der Waals surface area contributed by atoms with Gasteiger partial charge in [0, 0.05) is 40.4 Å². The first kappa shape index (κ1) is 34.3. The molecule has 2 N–H and O–H groups in total. The number of nitrogens with zero attached hydrogens (tertiary/aromatic N) is 3. The summed E-state index contributed by atoms with van der Waals surface area (Å²) in [6, 6.07) is 18.4. The van der Waals surface area contributed by atoms with Gasteiger partial charge in [-0.25, -0.2) is 0 Å². The van der Waals surface area contributed by atoms with Gasteiger partial charge in [-0.15, -0.1) is 18.2 Å². The van der Waals surface area contributed by atoms with Gasteiger partial charge < -0.3 is 25.0 Å². The number of aromatic nitrogens is 1. The Balaban J connectivity index is 0.000000263. The van der Waals surface area contributed by atoms with Gasteiger partial charge >= 0.3 is 0 Å². The predicted octanol–water partition coefficient (Wildman–Crippen LogP) is 8.24. The molecule has 2 heterocycles. The Morgan fingerprint density at radius 1 is 0.786 bits per heavy atom. The number of hydrogen-bond donors (Lipinski definition) is 2. The Morgan fingerprint density at radius 3 is 1.90 bits per heavy atom. The fraction of sp³-hybridized carbons (Fsp3) is 0.528. The van der Waals surface area contributed by atoms with Crippen molar-refractivity contribution in [2.75, 3.05) is 23.9 Å². The molecule has 2 unspecified atom stereocenters. The van der Waals surface area contributed by atoms with E-state index >= 15 is 0 Å². The number of aryl methyl sites for hydroxylation is 2.